The minimum atomic E-state index is -0.495. The van der Waals surface area contributed by atoms with Gasteiger partial charge in [0.05, 0.1) is 11.6 Å². The van der Waals surface area contributed by atoms with Crippen LogP contribution < -0.4 is 4.90 Å². The summed E-state index contributed by atoms with van der Waals surface area (Å²) in [6.45, 7) is 8.23. The molecule has 0 saturated heterocycles. The van der Waals surface area contributed by atoms with E-state index in [-0.39, 0.29) is 22.7 Å². The molecule has 0 bridgehead atoms. The van der Waals surface area contributed by atoms with Crippen LogP contribution in [0.25, 0.3) is 0 Å². The third kappa shape index (κ3) is 3.77. The number of aliphatic hydroxyl groups excluding tert-OH is 1. The first-order valence-electron chi connectivity index (χ1n) is 9.64. The maximum atomic E-state index is 12.8. The summed E-state index contributed by atoms with van der Waals surface area (Å²) in [6.07, 6.45) is 4.01. The summed E-state index contributed by atoms with van der Waals surface area (Å²) in [5, 5.41) is 11.0. The van der Waals surface area contributed by atoms with Gasteiger partial charge in [-0.25, -0.2) is 0 Å². The lowest BCUT2D eigenvalue weighted by Crippen LogP contribution is -2.43. The van der Waals surface area contributed by atoms with Gasteiger partial charge in [-0.2, -0.15) is 0 Å². The van der Waals surface area contributed by atoms with Crippen LogP contribution in [0.15, 0.2) is 35.6 Å². The van der Waals surface area contributed by atoms with Crippen LogP contribution in [0, 0.1) is 17.3 Å². The summed E-state index contributed by atoms with van der Waals surface area (Å²) in [4.78, 5) is 26.7. The second-order valence-electron chi connectivity index (χ2n) is 8.89. The number of ketones is 1. The zero-order valence-corrected chi connectivity index (χ0v) is 17.2. The highest BCUT2D eigenvalue weighted by atomic mass is 35.5. The van der Waals surface area contributed by atoms with Gasteiger partial charge in [0.2, 0.25) is 0 Å². The molecule has 146 valence electrons. The quantitative estimate of drug-likeness (QED) is 0.762. The number of carbonyl (C=O) groups is 2. The number of aliphatic hydroxyl groups is 1. The van der Waals surface area contributed by atoms with Gasteiger partial charge >= 0.3 is 0 Å². The van der Waals surface area contributed by atoms with Crippen LogP contribution in [0.1, 0.15) is 53.4 Å². The predicted molar refractivity (Wildman–Crippen MR) is 108 cm³/mol. The molecule has 1 saturated carbocycles. The van der Waals surface area contributed by atoms with Crippen molar-refractivity contribution in [1.82, 2.24) is 0 Å². The Morgan fingerprint density at radius 2 is 1.67 bits per heavy atom. The molecule has 1 fully saturated rings. The zero-order valence-electron chi connectivity index (χ0n) is 16.5. The van der Waals surface area contributed by atoms with E-state index in [4.69, 9.17) is 11.6 Å². The molecule has 4 nitrogen and oxygen atoms in total. The summed E-state index contributed by atoms with van der Waals surface area (Å²) in [5.74, 6) is -0.342. The standard InChI is InChI=1S/C22H28ClNO3/c1-13(25)18-19(14-5-7-15(8-6-14)22(2,3)4)24(21(27)20(18)26)17-11-9-16(23)10-12-17/h9-12,14-15,19,26H,5-8H2,1-4H3. The lowest BCUT2D eigenvalue weighted by atomic mass is 9.68. The van der Waals surface area contributed by atoms with Gasteiger partial charge in [-0.3, -0.25) is 14.5 Å². The van der Waals surface area contributed by atoms with Gasteiger partial charge in [0, 0.05) is 10.7 Å². The molecule has 1 atom stereocenters. The number of anilines is 1. The molecule has 3 rings (SSSR count). The first-order valence-corrected chi connectivity index (χ1v) is 10.0. The second kappa shape index (κ2) is 7.31. The SMILES string of the molecule is CC(=O)C1=C(O)C(=O)N(c2ccc(Cl)cc2)C1C1CCC(C(C)(C)C)CC1. The van der Waals surface area contributed by atoms with Crippen LogP contribution in [-0.4, -0.2) is 22.8 Å². The molecular formula is C22H28ClNO3. The van der Waals surface area contributed by atoms with Crippen LogP contribution in [0.5, 0.6) is 0 Å². The highest BCUT2D eigenvalue weighted by molar-refractivity contribution is 6.30. The van der Waals surface area contributed by atoms with Gasteiger partial charge in [0.25, 0.3) is 5.91 Å². The van der Waals surface area contributed by atoms with Crippen molar-refractivity contribution in [3.63, 3.8) is 0 Å². The van der Waals surface area contributed by atoms with Crippen molar-refractivity contribution < 1.29 is 14.7 Å². The Bertz CT molecular complexity index is 768. The van der Waals surface area contributed by atoms with Crippen LogP contribution in [0.2, 0.25) is 5.02 Å². The Kier molecular flexibility index (Phi) is 5.40. The average molecular weight is 390 g/mol. The van der Waals surface area contributed by atoms with Crippen LogP contribution in [0.3, 0.4) is 0 Å². The molecule has 0 spiro atoms. The van der Waals surface area contributed by atoms with Crippen molar-refractivity contribution in [2.75, 3.05) is 4.90 Å². The van der Waals surface area contributed by atoms with E-state index in [1.807, 2.05) is 0 Å². The molecule has 1 aromatic rings. The van der Waals surface area contributed by atoms with E-state index < -0.39 is 17.7 Å². The van der Waals surface area contributed by atoms with Crippen molar-refractivity contribution in [2.45, 2.75) is 59.4 Å². The topological polar surface area (TPSA) is 57.6 Å². The number of hydrogen-bond acceptors (Lipinski definition) is 3. The molecule has 1 unspecified atom stereocenters. The number of rotatable bonds is 3. The molecule has 27 heavy (non-hydrogen) atoms. The Morgan fingerprint density at radius 1 is 1.11 bits per heavy atom. The number of amides is 1. The second-order valence-corrected chi connectivity index (χ2v) is 9.33. The van der Waals surface area contributed by atoms with Crippen LogP contribution >= 0.6 is 11.6 Å². The van der Waals surface area contributed by atoms with Gasteiger partial charge in [-0.05, 0) is 74.1 Å². The molecule has 1 amide bonds. The first kappa shape index (κ1) is 19.9. The Balaban J connectivity index is 1.94. The number of Topliss-reactive ketones (excluding diaryl/α,β-unsaturated/α-hetero) is 1. The van der Waals surface area contributed by atoms with E-state index in [1.54, 1.807) is 29.2 Å². The van der Waals surface area contributed by atoms with Gasteiger partial charge in [0.15, 0.2) is 11.5 Å². The number of halogens is 1. The molecule has 0 aromatic heterocycles. The molecule has 0 radical (unpaired) electrons. The third-order valence-corrected chi connectivity index (χ3v) is 6.43. The Morgan fingerprint density at radius 3 is 2.15 bits per heavy atom. The van der Waals surface area contributed by atoms with E-state index in [0.717, 1.165) is 25.7 Å². The maximum Gasteiger partial charge on any atom is 0.294 e. The number of nitrogens with zero attached hydrogens (tertiary/aromatic N) is 1. The molecule has 1 heterocycles. The molecule has 1 N–H and O–H groups in total. The summed E-state index contributed by atoms with van der Waals surface area (Å²) in [5.41, 5.74) is 1.18. The summed E-state index contributed by atoms with van der Waals surface area (Å²) < 4.78 is 0. The molecular weight excluding hydrogens is 362 g/mol. The summed E-state index contributed by atoms with van der Waals surface area (Å²) in [7, 11) is 0. The van der Waals surface area contributed by atoms with Gasteiger partial charge in [-0.15, -0.1) is 0 Å². The zero-order chi connectivity index (χ0) is 19.9. The van der Waals surface area contributed by atoms with Crippen molar-refractivity contribution in [2.24, 2.45) is 17.3 Å². The molecule has 2 aliphatic rings. The van der Waals surface area contributed by atoms with Crippen molar-refractivity contribution in [3.8, 4) is 0 Å². The normalized spacial score (nSPS) is 26.6. The predicted octanol–water partition coefficient (Wildman–Crippen LogP) is 5.31. The maximum absolute atomic E-state index is 12.8. The van der Waals surface area contributed by atoms with Crippen molar-refractivity contribution in [1.29, 1.82) is 0 Å². The van der Waals surface area contributed by atoms with Crippen LogP contribution in [0.4, 0.5) is 5.69 Å². The third-order valence-electron chi connectivity index (χ3n) is 6.18. The Hall–Kier alpha value is -1.81. The largest absolute Gasteiger partial charge is 0.503 e. The lowest BCUT2D eigenvalue weighted by Gasteiger charge is -2.41. The van der Waals surface area contributed by atoms with E-state index in [1.165, 1.54) is 6.92 Å². The Labute approximate surface area is 166 Å². The minimum Gasteiger partial charge on any atom is -0.503 e. The molecule has 1 aromatic carbocycles. The minimum absolute atomic E-state index is 0.159. The smallest absolute Gasteiger partial charge is 0.294 e. The summed E-state index contributed by atoms with van der Waals surface area (Å²) in [6, 6.07) is 6.58. The highest BCUT2D eigenvalue weighted by Crippen LogP contribution is 2.45. The fourth-order valence-electron chi connectivity index (χ4n) is 4.63. The fraction of sp³-hybridized carbons (Fsp3) is 0.545. The molecule has 5 heteroatoms. The monoisotopic (exact) mass is 389 g/mol. The van der Waals surface area contributed by atoms with Crippen molar-refractivity contribution >= 4 is 29.0 Å². The number of carbonyl (C=O) groups excluding carboxylic acids is 2. The van der Waals surface area contributed by atoms with Crippen molar-refractivity contribution in [3.05, 3.63) is 40.6 Å². The number of hydrogen-bond donors (Lipinski definition) is 1. The van der Waals surface area contributed by atoms with Gasteiger partial charge in [-0.1, -0.05) is 32.4 Å². The molecule has 1 aliphatic carbocycles. The van der Waals surface area contributed by atoms with Gasteiger partial charge < -0.3 is 5.11 Å². The molecule has 1 aliphatic heterocycles. The fourth-order valence-corrected chi connectivity index (χ4v) is 4.75. The average Bonchev–Trinajstić information content (AvgIpc) is 2.87. The van der Waals surface area contributed by atoms with Gasteiger partial charge in [0.1, 0.15) is 0 Å². The summed E-state index contributed by atoms with van der Waals surface area (Å²) >= 11 is 5.99. The van der Waals surface area contributed by atoms with E-state index in [9.17, 15) is 14.7 Å². The number of benzene rings is 1. The lowest BCUT2D eigenvalue weighted by molar-refractivity contribution is -0.117. The van der Waals surface area contributed by atoms with E-state index in [0.29, 0.717) is 16.6 Å². The van der Waals surface area contributed by atoms with E-state index >= 15 is 0 Å². The highest BCUT2D eigenvalue weighted by Gasteiger charge is 2.47. The van der Waals surface area contributed by atoms with Crippen LogP contribution in [-0.2, 0) is 9.59 Å². The van der Waals surface area contributed by atoms with E-state index in [2.05, 4.69) is 20.8 Å². The first-order chi connectivity index (χ1) is 12.6.